The third-order valence-electron chi connectivity index (χ3n) is 5.72. The topological polar surface area (TPSA) is 62.8 Å². The molecule has 0 saturated carbocycles. The third kappa shape index (κ3) is 3.62. The number of pyridine rings is 1. The average Bonchev–Trinajstić information content (AvgIpc) is 3.40. The van der Waals surface area contributed by atoms with Gasteiger partial charge >= 0.3 is 0 Å². The predicted molar refractivity (Wildman–Crippen MR) is 117 cm³/mol. The van der Waals surface area contributed by atoms with Crippen LogP contribution in [0.5, 0.6) is 0 Å². The van der Waals surface area contributed by atoms with Crippen LogP contribution < -0.4 is 0 Å². The summed E-state index contributed by atoms with van der Waals surface area (Å²) >= 11 is 3.73. The monoisotopic (exact) mass is 472 g/mol. The maximum atomic E-state index is 6.03. The van der Waals surface area contributed by atoms with E-state index in [0.717, 1.165) is 66.1 Å². The Morgan fingerprint density at radius 3 is 3.00 bits per heavy atom. The van der Waals surface area contributed by atoms with E-state index in [0.29, 0.717) is 13.2 Å². The molecule has 0 spiro atoms. The molecule has 8 heteroatoms. The second-order valence-corrected chi connectivity index (χ2v) is 8.41. The molecule has 5 heterocycles. The molecule has 0 bridgehead atoms. The fraction of sp³-hybridized carbons (Fsp3) is 0.455. The van der Waals surface area contributed by atoms with Crippen LogP contribution in [-0.4, -0.2) is 46.1 Å². The summed E-state index contributed by atoms with van der Waals surface area (Å²) in [7, 11) is 1.69. The van der Waals surface area contributed by atoms with Crippen molar-refractivity contribution in [2.24, 2.45) is 0 Å². The Kier molecular flexibility index (Phi) is 5.73. The fourth-order valence-electron chi connectivity index (χ4n) is 4.22. The summed E-state index contributed by atoms with van der Waals surface area (Å²) in [5, 5.41) is 4.61. The number of nitrogens with zero attached hydrogens (tertiary/aromatic N) is 4. The maximum Gasteiger partial charge on any atom is 0.150 e. The van der Waals surface area contributed by atoms with Crippen LogP contribution in [0.1, 0.15) is 43.2 Å². The van der Waals surface area contributed by atoms with Gasteiger partial charge in [0.1, 0.15) is 10.3 Å². The van der Waals surface area contributed by atoms with Gasteiger partial charge in [0, 0.05) is 31.7 Å². The molecule has 1 atom stereocenters. The third-order valence-corrected chi connectivity index (χ3v) is 6.56. The molecule has 0 amide bonds. The number of hydrogen-bond acceptors (Lipinski definition) is 5. The Bertz CT molecular complexity index is 1080. The zero-order valence-corrected chi connectivity index (χ0v) is 18.6. The van der Waals surface area contributed by atoms with E-state index < -0.39 is 0 Å². The Hall–Kier alpha value is -2.00. The Morgan fingerprint density at radius 1 is 1.30 bits per heavy atom. The molecular weight excluding hydrogens is 448 g/mol. The minimum Gasteiger partial charge on any atom is -0.378 e. The van der Waals surface area contributed by atoms with E-state index in [-0.39, 0.29) is 6.23 Å². The van der Waals surface area contributed by atoms with Crippen LogP contribution in [0.2, 0.25) is 0 Å². The molecule has 158 valence electrons. The van der Waals surface area contributed by atoms with Crippen molar-refractivity contribution in [2.75, 3.05) is 26.9 Å². The van der Waals surface area contributed by atoms with Gasteiger partial charge in [0.15, 0.2) is 6.23 Å². The molecule has 7 nitrogen and oxygen atoms in total. The van der Waals surface area contributed by atoms with Crippen molar-refractivity contribution in [3.05, 3.63) is 46.5 Å². The molecule has 30 heavy (non-hydrogen) atoms. The van der Waals surface area contributed by atoms with E-state index in [4.69, 9.17) is 19.2 Å². The molecule has 2 aliphatic rings. The highest BCUT2D eigenvalue weighted by Crippen LogP contribution is 2.35. The van der Waals surface area contributed by atoms with Gasteiger partial charge in [0.2, 0.25) is 0 Å². The largest absolute Gasteiger partial charge is 0.378 e. The van der Waals surface area contributed by atoms with Crippen molar-refractivity contribution in [1.29, 1.82) is 0 Å². The highest BCUT2D eigenvalue weighted by Gasteiger charge is 2.23. The van der Waals surface area contributed by atoms with Crippen molar-refractivity contribution in [1.82, 2.24) is 19.2 Å². The van der Waals surface area contributed by atoms with Crippen LogP contribution in [0.25, 0.3) is 22.5 Å². The van der Waals surface area contributed by atoms with Gasteiger partial charge in [-0.25, -0.2) is 9.67 Å². The van der Waals surface area contributed by atoms with Crippen molar-refractivity contribution in [3.8, 4) is 11.3 Å². The zero-order valence-electron chi connectivity index (χ0n) is 17.0. The smallest absolute Gasteiger partial charge is 0.150 e. The van der Waals surface area contributed by atoms with E-state index in [9.17, 15) is 0 Å². The summed E-state index contributed by atoms with van der Waals surface area (Å²) in [6, 6.07) is 4.27. The van der Waals surface area contributed by atoms with E-state index in [1.54, 1.807) is 7.11 Å². The summed E-state index contributed by atoms with van der Waals surface area (Å²) in [5.41, 5.74) is 6.26. The van der Waals surface area contributed by atoms with Crippen molar-refractivity contribution in [2.45, 2.75) is 38.5 Å². The van der Waals surface area contributed by atoms with Gasteiger partial charge < -0.3 is 14.2 Å². The number of rotatable bonds is 5. The van der Waals surface area contributed by atoms with Gasteiger partial charge in [-0.1, -0.05) is 6.08 Å². The summed E-state index contributed by atoms with van der Waals surface area (Å²) in [6.45, 7) is 2.61. The molecule has 0 aromatic carbocycles. The van der Waals surface area contributed by atoms with Crippen LogP contribution in [0.15, 0.2) is 35.2 Å². The maximum absolute atomic E-state index is 6.03. The first kappa shape index (κ1) is 19.9. The molecule has 1 saturated heterocycles. The van der Waals surface area contributed by atoms with Crippen LogP contribution >= 0.6 is 15.9 Å². The molecule has 3 aromatic heterocycles. The number of ether oxygens (including phenoxy) is 3. The standard InChI is InChI=1S/C22H25BrN4O3/c1-28-14-18-21(23)26-13-16(15-6-10-29-11-7-15)12-17(22(26)25-18)19-5-8-24-27(19)20-4-2-3-9-30-20/h5-6,8,12-13,20H,2-4,7,9-11,14H2,1H3. The van der Waals surface area contributed by atoms with Crippen molar-refractivity contribution < 1.29 is 14.2 Å². The summed E-state index contributed by atoms with van der Waals surface area (Å²) < 4.78 is 21.9. The molecule has 0 N–H and O–H groups in total. The van der Waals surface area contributed by atoms with Gasteiger partial charge in [-0.2, -0.15) is 5.10 Å². The lowest BCUT2D eigenvalue weighted by atomic mass is 10.0. The number of halogens is 1. The second-order valence-electron chi connectivity index (χ2n) is 7.65. The van der Waals surface area contributed by atoms with Crippen LogP contribution in [0.4, 0.5) is 0 Å². The average molecular weight is 473 g/mol. The summed E-state index contributed by atoms with van der Waals surface area (Å²) in [6.07, 6.45) is 10.2. The van der Waals surface area contributed by atoms with Crippen LogP contribution in [0.3, 0.4) is 0 Å². The van der Waals surface area contributed by atoms with E-state index in [2.05, 4.69) is 43.8 Å². The van der Waals surface area contributed by atoms with Crippen molar-refractivity contribution in [3.63, 3.8) is 0 Å². The SMILES string of the molecule is COCc1nc2c(-c3ccnn3C3CCCCO3)cc(C3=CCOCC3)cn2c1Br. The molecule has 3 aromatic rings. The Morgan fingerprint density at radius 2 is 2.23 bits per heavy atom. The number of fused-ring (bicyclic) bond motifs is 1. The highest BCUT2D eigenvalue weighted by molar-refractivity contribution is 9.10. The molecule has 5 rings (SSSR count). The molecule has 2 aliphatic heterocycles. The quantitative estimate of drug-likeness (QED) is 0.542. The first-order chi connectivity index (χ1) is 14.8. The van der Waals surface area contributed by atoms with Crippen LogP contribution in [0, 0.1) is 0 Å². The first-order valence-corrected chi connectivity index (χ1v) is 11.2. The fourth-order valence-corrected chi connectivity index (χ4v) is 4.69. The van der Waals surface area contributed by atoms with E-state index >= 15 is 0 Å². The Balaban J connectivity index is 1.69. The van der Waals surface area contributed by atoms with E-state index in [1.807, 2.05) is 16.9 Å². The number of methoxy groups -OCH3 is 1. The first-order valence-electron chi connectivity index (χ1n) is 10.4. The van der Waals surface area contributed by atoms with Gasteiger partial charge in [0.05, 0.1) is 31.2 Å². The molecule has 0 aliphatic carbocycles. The molecule has 1 unspecified atom stereocenters. The highest BCUT2D eigenvalue weighted by atomic mass is 79.9. The van der Waals surface area contributed by atoms with E-state index in [1.165, 1.54) is 11.1 Å². The second kappa shape index (κ2) is 8.63. The van der Waals surface area contributed by atoms with Gasteiger partial charge in [-0.3, -0.25) is 4.40 Å². The van der Waals surface area contributed by atoms with Crippen molar-refractivity contribution >= 4 is 27.2 Å². The molecule has 1 fully saturated rings. The summed E-state index contributed by atoms with van der Waals surface area (Å²) in [4.78, 5) is 4.90. The normalized spacial score (nSPS) is 19.9. The Labute approximate surface area is 183 Å². The zero-order chi connectivity index (χ0) is 20.5. The lowest BCUT2D eigenvalue weighted by Gasteiger charge is -2.25. The lowest BCUT2D eigenvalue weighted by Crippen LogP contribution is -2.20. The van der Waals surface area contributed by atoms with Gasteiger partial charge in [0.25, 0.3) is 0 Å². The van der Waals surface area contributed by atoms with Gasteiger partial charge in [-0.05, 0) is 64.9 Å². The number of imidazole rings is 1. The number of aromatic nitrogens is 4. The lowest BCUT2D eigenvalue weighted by molar-refractivity contribution is -0.0383. The molecule has 0 radical (unpaired) electrons. The predicted octanol–water partition coefficient (Wildman–Crippen LogP) is 4.61. The van der Waals surface area contributed by atoms with Crippen LogP contribution in [-0.2, 0) is 20.8 Å². The van der Waals surface area contributed by atoms with Gasteiger partial charge in [-0.15, -0.1) is 0 Å². The summed E-state index contributed by atoms with van der Waals surface area (Å²) in [5.74, 6) is 0. The minimum absolute atomic E-state index is 0.0356. The minimum atomic E-state index is -0.0356. The number of hydrogen-bond donors (Lipinski definition) is 0. The molecular formula is C22H25BrN4O3.